The number of aryl methyl sites for hydroxylation is 2. The molecular formula is C38H50F3N7O7. The van der Waals surface area contributed by atoms with Gasteiger partial charge < -0.3 is 28.1 Å². The van der Waals surface area contributed by atoms with Gasteiger partial charge in [-0.1, -0.05) is 0 Å². The number of ether oxygens (including phenoxy) is 4. The normalized spacial score (nSPS) is 12.1. The lowest BCUT2D eigenvalue weighted by Gasteiger charge is -2.19. The van der Waals surface area contributed by atoms with E-state index in [0.29, 0.717) is 73.8 Å². The van der Waals surface area contributed by atoms with Gasteiger partial charge in [-0.25, -0.2) is 9.59 Å². The highest BCUT2D eigenvalue weighted by Crippen LogP contribution is 2.17. The number of aromatic nitrogens is 2. The lowest BCUT2D eigenvalue weighted by Crippen LogP contribution is -2.36. The molecule has 0 bridgehead atoms. The van der Waals surface area contributed by atoms with E-state index >= 15 is 0 Å². The van der Waals surface area contributed by atoms with Crippen molar-refractivity contribution in [3.63, 3.8) is 0 Å². The molecule has 0 saturated heterocycles. The fraction of sp³-hybridized carbons (Fsp3) is 0.474. The van der Waals surface area contributed by atoms with Crippen LogP contribution in [0.5, 0.6) is 11.5 Å². The van der Waals surface area contributed by atoms with Crippen LogP contribution in [0, 0.1) is 17.7 Å². The van der Waals surface area contributed by atoms with Crippen molar-refractivity contribution in [3.8, 4) is 11.5 Å². The van der Waals surface area contributed by atoms with E-state index in [2.05, 4.69) is 15.6 Å². The number of carbonyl (C=O) groups is 3. The van der Waals surface area contributed by atoms with Gasteiger partial charge in [0, 0.05) is 36.1 Å². The monoisotopic (exact) mass is 773 g/mol. The van der Waals surface area contributed by atoms with E-state index in [9.17, 15) is 27.6 Å². The highest BCUT2D eigenvalue weighted by Gasteiger charge is 2.39. The van der Waals surface area contributed by atoms with Crippen molar-refractivity contribution in [2.45, 2.75) is 105 Å². The fourth-order valence-corrected chi connectivity index (χ4v) is 4.91. The van der Waals surface area contributed by atoms with Crippen LogP contribution in [0.3, 0.4) is 0 Å². The van der Waals surface area contributed by atoms with Crippen LogP contribution in [0.2, 0.25) is 0 Å². The minimum Gasteiger partial charge on any atom is -0.494 e. The maximum atomic E-state index is 13.2. The van der Waals surface area contributed by atoms with Crippen molar-refractivity contribution in [2.75, 3.05) is 13.2 Å². The summed E-state index contributed by atoms with van der Waals surface area (Å²) in [4.78, 5) is 39.3. The number of amidine groups is 2. The second-order valence-corrected chi connectivity index (χ2v) is 14.5. The third kappa shape index (κ3) is 15.3. The smallest absolute Gasteiger partial charge is 0.473 e. The average Bonchev–Trinajstić information content (AvgIpc) is 3.35. The van der Waals surface area contributed by atoms with E-state index in [1.54, 1.807) is 108 Å². The zero-order valence-corrected chi connectivity index (χ0v) is 32.2. The van der Waals surface area contributed by atoms with Gasteiger partial charge in [-0.3, -0.25) is 26.2 Å². The van der Waals surface area contributed by atoms with Crippen LogP contribution in [-0.2, 0) is 27.4 Å². The first-order valence-corrected chi connectivity index (χ1v) is 17.7. The number of carbonyl (C=O) groups excluding carboxylic acids is 3. The average molecular weight is 774 g/mol. The maximum Gasteiger partial charge on any atom is 0.473 e. The molecule has 0 aliphatic carbocycles. The maximum absolute atomic E-state index is 13.2. The third-order valence-corrected chi connectivity index (χ3v) is 7.36. The number of hydrogen-bond donors (Lipinski definition) is 4. The Hall–Kier alpha value is -5.61. The highest BCUT2D eigenvalue weighted by molar-refractivity contribution is 6.05. The Balaban J connectivity index is 1.51. The number of hydrogen-bond acceptors (Lipinski definition) is 9. The zero-order valence-electron chi connectivity index (χ0n) is 32.2. The van der Waals surface area contributed by atoms with Gasteiger partial charge in [0.15, 0.2) is 0 Å². The molecule has 55 heavy (non-hydrogen) atoms. The van der Waals surface area contributed by atoms with E-state index < -0.39 is 35.5 Å². The Bertz CT molecular complexity index is 1870. The molecule has 0 atom stereocenters. The van der Waals surface area contributed by atoms with Gasteiger partial charge >= 0.3 is 24.3 Å². The van der Waals surface area contributed by atoms with Crippen LogP contribution in [-0.4, -0.2) is 69.5 Å². The largest absolute Gasteiger partial charge is 0.494 e. The minimum absolute atomic E-state index is 0.0993. The van der Waals surface area contributed by atoms with E-state index in [0.717, 1.165) is 0 Å². The van der Waals surface area contributed by atoms with Crippen molar-refractivity contribution in [2.24, 2.45) is 4.99 Å². The number of alkyl halides is 3. The molecule has 1 aromatic heterocycles. The summed E-state index contributed by atoms with van der Waals surface area (Å²) in [7, 11) is 0. The number of unbranched alkanes of at least 4 members (excludes halogenated alkanes) is 2. The number of nitrogens with one attached hydrogen (secondary N) is 4. The molecule has 3 aromatic rings. The summed E-state index contributed by atoms with van der Waals surface area (Å²) in [5.74, 6) is -1.38. The molecule has 2 aromatic carbocycles. The van der Waals surface area contributed by atoms with Gasteiger partial charge in [-0.15, -0.1) is 0 Å². The number of halogens is 3. The summed E-state index contributed by atoms with van der Waals surface area (Å²) in [6, 6.07) is 13.1. The van der Waals surface area contributed by atoms with E-state index in [1.807, 2.05) is 0 Å². The Morgan fingerprint density at radius 1 is 0.691 bits per heavy atom. The molecular weight excluding hydrogens is 723 g/mol. The molecule has 0 unspecified atom stereocenters. The molecule has 0 aliphatic heterocycles. The minimum atomic E-state index is -5.12. The molecule has 0 aliphatic rings. The lowest BCUT2D eigenvalue weighted by molar-refractivity contribution is -0.169. The fourth-order valence-electron chi connectivity index (χ4n) is 4.91. The van der Waals surface area contributed by atoms with Crippen LogP contribution in [0.4, 0.5) is 22.8 Å². The van der Waals surface area contributed by atoms with Crippen molar-refractivity contribution < 1.29 is 46.5 Å². The van der Waals surface area contributed by atoms with E-state index in [1.165, 1.54) is 4.57 Å². The summed E-state index contributed by atoms with van der Waals surface area (Å²) in [6.07, 6.45) is -2.81. The predicted molar refractivity (Wildman–Crippen MR) is 199 cm³/mol. The Morgan fingerprint density at radius 2 is 1.11 bits per heavy atom. The molecule has 3 amide bonds. The first-order valence-electron chi connectivity index (χ1n) is 17.7. The van der Waals surface area contributed by atoms with Crippen LogP contribution in [0.15, 0.2) is 59.7 Å². The molecule has 14 nitrogen and oxygen atoms in total. The van der Waals surface area contributed by atoms with Crippen LogP contribution < -0.4 is 25.7 Å². The summed E-state index contributed by atoms with van der Waals surface area (Å²) < 4.78 is 64.7. The topological polar surface area (TPSA) is 182 Å². The molecule has 0 spiro atoms. The van der Waals surface area contributed by atoms with Crippen molar-refractivity contribution in [1.82, 2.24) is 19.8 Å². The second kappa shape index (κ2) is 19.1. The molecule has 300 valence electrons. The summed E-state index contributed by atoms with van der Waals surface area (Å²) in [5.41, 5.74) is 0.0378. The van der Waals surface area contributed by atoms with Gasteiger partial charge in [0.1, 0.15) is 34.4 Å². The van der Waals surface area contributed by atoms with Gasteiger partial charge in [-0.2, -0.15) is 18.2 Å². The Labute approximate surface area is 318 Å². The molecule has 0 fully saturated rings. The lowest BCUT2D eigenvalue weighted by atomic mass is 10.2. The van der Waals surface area contributed by atoms with Gasteiger partial charge in [0.2, 0.25) is 5.62 Å². The SMILES string of the molecule is Cc1cn(CCCCOc2ccc(C(=N)NC(=O)OC(C)(C)C)cc2)c(=NC(=O)C(F)(F)F)n1CCCCOc1ccc(C(=N)NC(=O)OC(C)(C)C)cc1. The molecule has 17 heteroatoms. The first-order chi connectivity index (χ1) is 25.6. The predicted octanol–water partition coefficient (Wildman–Crippen LogP) is 7.01. The second-order valence-electron chi connectivity index (χ2n) is 14.5. The van der Waals surface area contributed by atoms with Crippen molar-refractivity contribution in [1.29, 1.82) is 10.8 Å². The molecule has 1 heterocycles. The Morgan fingerprint density at radius 3 is 1.51 bits per heavy atom. The Kier molecular flexibility index (Phi) is 15.2. The van der Waals surface area contributed by atoms with Gasteiger partial charge in [0.05, 0.1) is 13.2 Å². The third-order valence-electron chi connectivity index (χ3n) is 7.36. The number of amides is 3. The highest BCUT2D eigenvalue weighted by atomic mass is 19.4. The standard InChI is InChI=1S/C38H50F3N7O7/c1-25-24-47(20-8-10-22-52-28-16-12-26(13-17-28)30(42)44-34(50)54-36(2,3)4)33(46-32(49)38(39,40)41)48(25)21-9-11-23-53-29-18-14-27(15-19-29)31(43)45-35(51)55-37(5,6)7/h12-19,24H,8-11,20-23H2,1-7H3,(H2,42,44,50)(H2,43,45,51). The number of imidazole rings is 1. The molecule has 0 saturated carbocycles. The van der Waals surface area contributed by atoms with E-state index in [-0.39, 0.29) is 23.8 Å². The number of nitrogens with zero attached hydrogens (tertiary/aromatic N) is 3. The summed E-state index contributed by atoms with van der Waals surface area (Å²) in [5, 5.41) is 20.9. The van der Waals surface area contributed by atoms with Crippen LogP contribution in [0.1, 0.15) is 84.0 Å². The summed E-state index contributed by atoms with van der Waals surface area (Å²) >= 11 is 0. The summed E-state index contributed by atoms with van der Waals surface area (Å²) in [6.45, 7) is 13.2. The van der Waals surface area contributed by atoms with Crippen molar-refractivity contribution >= 4 is 29.8 Å². The molecule has 3 rings (SSSR count). The quantitative estimate of drug-likeness (QED) is 0.0772. The molecule has 0 radical (unpaired) electrons. The zero-order chi connectivity index (χ0) is 41.0. The van der Waals surface area contributed by atoms with E-state index in [4.69, 9.17) is 29.8 Å². The van der Waals surface area contributed by atoms with Gasteiger partial charge in [0.25, 0.3) is 0 Å². The number of benzene rings is 2. The molecule has 4 N–H and O–H groups in total. The number of alkyl carbamates (subject to hydrolysis) is 2. The number of rotatable bonds is 14. The van der Waals surface area contributed by atoms with Crippen LogP contribution in [0.25, 0.3) is 0 Å². The van der Waals surface area contributed by atoms with Crippen molar-refractivity contribution in [3.05, 3.63) is 77.2 Å². The van der Waals surface area contributed by atoms with Gasteiger partial charge in [-0.05, 0) is 123 Å². The van der Waals surface area contributed by atoms with Crippen LogP contribution >= 0.6 is 0 Å². The first kappa shape index (κ1) is 43.8.